The van der Waals surface area contributed by atoms with E-state index in [2.05, 4.69) is 21.7 Å². The van der Waals surface area contributed by atoms with Crippen molar-refractivity contribution in [1.82, 2.24) is 13.9 Å². The van der Waals surface area contributed by atoms with Crippen molar-refractivity contribution < 1.29 is 13.5 Å². The fourth-order valence-corrected chi connectivity index (χ4v) is 5.97. The largest absolute Gasteiger partial charge is 0.392 e. The number of aromatic nitrogens is 2. The van der Waals surface area contributed by atoms with Crippen LogP contribution in [0.3, 0.4) is 0 Å². The summed E-state index contributed by atoms with van der Waals surface area (Å²) in [6.07, 6.45) is 5.49. The summed E-state index contributed by atoms with van der Waals surface area (Å²) in [6.45, 7) is 0.778. The van der Waals surface area contributed by atoms with Crippen LogP contribution in [0.15, 0.2) is 36.8 Å². The van der Waals surface area contributed by atoms with Crippen molar-refractivity contribution in [2.75, 3.05) is 13.1 Å². The summed E-state index contributed by atoms with van der Waals surface area (Å²) in [4.78, 5) is 4.29. The van der Waals surface area contributed by atoms with E-state index >= 15 is 0 Å². The molecule has 1 saturated heterocycles. The third-order valence-electron chi connectivity index (χ3n) is 6.68. The third kappa shape index (κ3) is 2.16. The first kappa shape index (κ1) is 16.4. The number of aliphatic hydroxyl groups is 1. The first-order chi connectivity index (χ1) is 12.4. The molecule has 5 rings (SSSR count). The summed E-state index contributed by atoms with van der Waals surface area (Å²) in [5, 5.41) is 16.3. The van der Waals surface area contributed by atoms with Gasteiger partial charge in [0.1, 0.15) is 0 Å². The lowest BCUT2D eigenvalue weighted by atomic mass is 9.53. The predicted octanol–water partition coefficient (Wildman–Crippen LogP) is 1.12. The van der Waals surface area contributed by atoms with E-state index in [9.17, 15) is 13.5 Å². The topological polar surface area (TPSA) is 101 Å². The Labute approximate surface area is 152 Å². The number of piperidine rings is 1. The smallest absolute Gasteiger partial charge is 0.276 e. The Balaban J connectivity index is 1.40. The number of nitrogens with two attached hydrogens (primary N) is 1. The molecule has 7 nitrogen and oxygen atoms in total. The van der Waals surface area contributed by atoms with Gasteiger partial charge in [0.2, 0.25) is 0 Å². The molecule has 0 unspecified atom stereocenters. The quantitative estimate of drug-likeness (QED) is 0.822. The van der Waals surface area contributed by atoms with E-state index in [1.54, 1.807) is 0 Å². The van der Waals surface area contributed by atoms with Crippen LogP contribution in [0.5, 0.6) is 0 Å². The Morgan fingerprint density at radius 3 is 2.65 bits per heavy atom. The molecule has 1 aromatic heterocycles. The number of imidazole rings is 1. The number of fused-ring (bicyclic) bond motifs is 3. The van der Waals surface area contributed by atoms with Gasteiger partial charge in [-0.25, -0.2) is 10.1 Å². The molecule has 0 amide bonds. The van der Waals surface area contributed by atoms with Gasteiger partial charge in [-0.15, -0.1) is 0 Å². The highest BCUT2D eigenvalue weighted by molar-refractivity contribution is 7.86. The van der Waals surface area contributed by atoms with E-state index in [1.807, 2.05) is 24.7 Å². The van der Waals surface area contributed by atoms with Crippen LogP contribution < -0.4 is 5.14 Å². The average molecular weight is 374 g/mol. The van der Waals surface area contributed by atoms with Crippen molar-refractivity contribution >= 4 is 10.2 Å². The molecule has 1 aromatic carbocycles. The summed E-state index contributed by atoms with van der Waals surface area (Å²) in [7, 11) is -3.64. The summed E-state index contributed by atoms with van der Waals surface area (Å²) < 4.78 is 26.6. The Morgan fingerprint density at radius 2 is 1.96 bits per heavy atom. The lowest BCUT2D eigenvalue weighted by molar-refractivity contribution is -0.152. The Bertz CT molecular complexity index is 962. The van der Waals surface area contributed by atoms with Gasteiger partial charge in [0.15, 0.2) is 0 Å². The van der Waals surface area contributed by atoms with Gasteiger partial charge in [-0.05, 0) is 30.2 Å². The number of aliphatic hydroxyl groups excluding tert-OH is 1. The van der Waals surface area contributed by atoms with Crippen LogP contribution in [0, 0.1) is 11.3 Å². The molecule has 2 aliphatic heterocycles. The van der Waals surface area contributed by atoms with Crippen molar-refractivity contribution in [3.63, 3.8) is 0 Å². The number of nitrogens with zero attached hydrogens (tertiary/aromatic N) is 3. The van der Waals surface area contributed by atoms with Crippen molar-refractivity contribution in [2.24, 2.45) is 16.5 Å². The zero-order valence-corrected chi connectivity index (χ0v) is 15.1. The molecule has 3 aliphatic rings. The van der Waals surface area contributed by atoms with E-state index < -0.39 is 16.3 Å². The highest BCUT2D eigenvalue weighted by atomic mass is 32.2. The molecule has 2 aromatic rings. The second-order valence-electron chi connectivity index (χ2n) is 7.84. The summed E-state index contributed by atoms with van der Waals surface area (Å²) in [6, 6.07) is 8.40. The molecular formula is C18H22N4O3S. The highest BCUT2D eigenvalue weighted by Gasteiger charge is 2.58. The zero-order chi connectivity index (χ0) is 18.1. The van der Waals surface area contributed by atoms with Crippen molar-refractivity contribution in [3.05, 3.63) is 42.4 Å². The fraction of sp³-hybridized carbons (Fsp3) is 0.500. The molecule has 0 bridgehead atoms. The van der Waals surface area contributed by atoms with Gasteiger partial charge in [-0.1, -0.05) is 24.3 Å². The molecular weight excluding hydrogens is 352 g/mol. The number of hydrogen-bond acceptors (Lipinski definition) is 4. The van der Waals surface area contributed by atoms with Crippen LogP contribution in [0.2, 0.25) is 0 Å². The van der Waals surface area contributed by atoms with Gasteiger partial charge in [0, 0.05) is 24.6 Å². The lowest BCUT2D eigenvalue weighted by Crippen LogP contribution is -2.60. The molecule has 3 N–H and O–H groups in total. The molecule has 2 fully saturated rings. The Hall–Kier alpha value is -1.74. The van der Waals surface area contributed by atoms with Gasteiger partial charge >= 0.3 is 0 Å². The Morgan fingerprint density at radius 1 is 1.23 bits per heavy atom. The van der Waals surface area contributed by atoms with Crippen LogP contribution in [0.4, 0.5) is 0 Å². The number of hydrogen-bond donors (Lipinski definition) is 2. The molecule has 138 valence electrons. The first-order valence-electron chi connectivity index (χ1n) is 8.98. The number of rotatable bonds is 2. The molecule has 3 atom stereocenters. The van der Waals surface area contributed by atoms with E-state index in [-0.39, 0.29) is 17.4 Å². The van der Waals surface area contributed by atoms with E-state index in [4.69, 9.17) is 5.14 Å². The highest BCUT2D eigenvalue weighted by Crippen LogP contribution is 2.59. The molecule has 3 heterocycles. The maximum Gasteiger partial charge on any atom is 0.276 e. The van der Waals surface area contributed by atoms with Gasteiger partial charge in [-0.2, -0.15) is 12.7 Å². The molecule has 1 spiro atoms. The predicted molar refractivity (Wildman–Crippen MR) is 96.3 cm³/mol. The van der Waals surface area contributed by atoms with E-state index in [0.717, 1.165) is 12.1 Å². The van der Waals surface area contributed by atoms with Crippen molar-refractivity contribution in [3.8, 4) is 11.3 Å². The van der Waals surface area contributed by atoms with Gasteiger partial charge in [0.25, 0.3) is 10.2 Å². The number of benzene rings is 1. The van der Waals surface area contributed by atoms with Crippen LogP contribution in [-0.4, -0.2) is 46.6 Å². The first-order valence-corrected chi connectivity index (χ1v) is 10.5. The average Bonchev–Trinajstić information content (AvgIpc) is 3.20. The molecule has 1 saturated carbocycles. The minimum Gasteiger partial charge on any atom is -0.392 e. The monoisotopic (exact) mass is 374 g/mol. The molecule has 8 heteroatoms. The zero-order valence-electron chi connectivity index (χ0n) is 14.3. The maximum atomic E-state index is 11.5. The SMILES string of the molecule is NS(=O)(=O)N1CCC2(CC1)C[C@H]([C@@H]1c3ccccc3-c3cncn31)[C@@H]2O. The second kappa shape index (κ2) is 5.39. The molecule has 1 aliphatic carbocycles. The Kier molecular flexibility index (Phi) is 3.40. The van der Waals surface area contributed by atoms with Crippen molar-refractivity contribution in [2.45, 2.75) is 31.4 Å². The van der Waals surface area contributed by atoms with Gasteiger partial charge < -0.3 is 9.67 Å². The standard InChI is InChI=1S/C18H22N4O3S/c19-26(24,25)21-7-5-18(6-8-21)9-14(17(18)23)16-13-4-2-1-3-12(13)15-10-20-11-22(15)16/h1-4,10-11,14,16-17,23H,5-9H2,(H2,19,24,25)/t14-,16+,17+/m1/s1. The summed E-state index contributed by atoms with van der Waals surface area (Å²) in [5.74, 6) is 0.118. The van der Waals surface area contributed by atoms with Crippen molar-refractivity contribution in [1.29, 1.82) is 0 Å². The summed E-state index contributed by atoms with van der Waals surface area (Å²) >= 11 is 0. The fourth-order valence-electron chi connectivity index (χ4n) is 5.28. The van der Waals surface area contributed by atoms with Gasteiger partial charge in [0.05, 0.1) is 30.4 Å². The normalized spacial score (nSPS) is 30.0. The van der Waals surface area contributed by atoms with E-state index in [0.29, 0.717) is 25.9 Å². The van der Waals surface area contributed by atoms with Gasteiger partial charge in [-0.3, -0.25) is 0 Å². The second-order valence-corrected chi connectivity index (χ2v) is 9.38. The lowest BCUT2D eigenvalue weighted by Gasteiger charge is -2.57. The van der Waals surface area contributed by atoms with E-state index in [1.165, 1.54) is 15.4 Å². The third-order valence-corrected chi connectivity index (χ3v) is 7.76. The van der Waals surface area contributed by atoms with Crippen LogP contribution in [-0.2, 0) is 10.2 Å². The molecule has 0 radical (unpaired) electrons. The van der Waals surface area contributed by atoms with Crippen LogP contribution in [0.1, 0.15) is 30.9 Å². The molecule has 26 heavy (non-hydrogen) atoms. The van der Waals surface area contributed by atoms with Crippen LogP contribution in [0.25, 0.3) is 11.3 Å². The minimum absolute atomic E-state index is 0.0978. The maximum absolute atomic E-state index is 11.5. The van der Waals surface area contributed by atoms with Crippen LogP contribution >= 0.6 is 0 Å². The minimum atomic E-state index is -3.64. The summed E-state index contributed by atoms with van der Waals surface area (Å²) in [5.41, 5.74) is 3.34.